The van der Waals surface area contributed by atoms with Crippen molar-refractivity contribution in [3.05, 3.63) is 77.9 Å². The molecule has 0 radical (unpaired) electrons. The highest BCUT2D eigenvalue weighted by Crippen LogP contribution is 2.36. The summed E-state index contributed by atoms with van der Waals surface area (Å²) in [5.41, 5.74) is 10.6. The Hall–Kier alpha value is -2.89. The number of nitrogens with two attached hydrogens (primary N) is 1. The van der Waals surface area contributed by atoms with Crippen LogP contribution in [0.5, 0.6) is 5.75 Å². The lowest BCUT2D eigenvalue weighted by atomic mass is 10.0. The minimum atomic E-state index is 0.300. The lowest BCUT2D eigenvalue weighted by Gasteiger charge is -2.38. The van der Waals surface area contributed by atoms with Crippen molar-refractivity contribution < 1.29 is 4.74 Å². The summed E-state index contributed by atoms with van der Waals surface area (Å²) in [6.07, 6.45) is 6.19. The van der Waals surface area contributed by atoms with E-state index >= 15 is 0 Å². The van der Waals surface area contributed by atoms with Gasteiger partial charge in [0.1, 0.15) is 11.6 Å². The molecule has 1 aliphatic carbocycles. The zero-order valence-corrected chi connectivity index (χ0v) is 20.9. The number of hydrogen-bond donors (Lipinski definition) is 1. The summed E-state index contributed by atoms with van der Waals surface area (Å²) in [6, 6.07) is 23.6. The Labute approximate surface area is 209 Å². The lowest BCUT2D eigenvalue weighted by molar-refractivity contribution is 0.103. The van der Waals surface area contributed by atoms with Crippen LogP contribution in [-0.4, -0.2) is 53.6 Å². The number of hydrogen-bond acceptors (Lipinski definition) is 5. The maximum absolute atomic E-state index is 6.56. The predicted octanol–water partition coefficient (Wildman–Crippen LogP) is 5.57. The van der Waals surface area contributed by atoms with Gasteiger partial charge < -0.3 is 15.4 Å². The number of rotatable bonds is 8. The van der Waals surface area contributed by atoms with Gasteiger partial charge in [0.05, 0.1) is 11.8 Å². The van der Waals surface area contributed by atoms with E-state index in [0.717, 1.165) is 69.0 Å². The van der Waals surface area contributed by atoms with E-state index < -0.39 is 0 Å². The Bertz CT molecular complexity index is 1090. The molecule has 1 aromatic heterocycles. The van der Waals surface area contributed by atoms with E-state index in [1.807, 2.05) is 18.2 Å². The number of anilines is 1. The number of ether oxygens (including phenoxy) is 1. The zero-order valence-electron chi connectivity index (χ0n) is 20.9. The van der Waals surface area contributed by atoms with Crippen LogP contribution in [0.25, 0.3) is 11.3 Å². The summed E-state index contributed by atoms with van der Waals surface area (Å²) < 4.78 is 6.56. The second kappa shape index (κ2) is 11.2. The molecule has 0 spiro atoms. The van der Waals surface area contributed by atoms with Crippen LogP contribution >= 0.6 is 0 Å². The average molecular weight is 471 g/mol. The Morgan fingerprint density at radius 1 is 0.943 bits per heavy atom. The molecule has 2 heterocycles. The minimum Gasteiger partial charge on any atom is -0.490 e. The third-order valence-corrected chi connectivity index (χ3v) is 7.64. The van der Waals surface area contributed by atoms with Crippen LogP contribution in [0.3, 0.4) is 0 Å². The first-order valence-corrected chi connectivity index (χ1v) is 13.2. The van der Waals surface area contributed by atoms with Crippen LogP contribution in [0.15, 0.2) is 66.7 Å². The average Bonchev–Trinajstić information content (AvgIpc) is 3.41. The van der Waals surface area contributed by atoms with Crippen LogP contribution in [0, 0.1) is 0 Å². The van der Waals surface area contributed by atoms with Crippen LogP contribution in [0.1, 0.15) is 49.8 Å². The van der Waals surface area contributed by atoms with Crippen LogP contribution in [0.2, 0.25) is 0 Å². The third kappa shape index (κ3) is 6.03. The van der Waals surface area contributed by atoms with Crippen molar-refractivity contribution in [1.82, 2.24) is 14.8 Å². The van der Waals surface area contributed by atoms with Crippen LogP contribution < -0.4 is 10.5 Å². The van der Waals surface area contributed by atoms with Gasteiger partial charge in [0.2, 0.25) is 0 Å². The van der Waals surface area contributed by atoms with E-state index in [1.165, 1.54) is 24.0 Å². The normalized spacial score (nSPS) is 18.5. The van der Waals surface area contributed by atoms with E-state index in [9.17, 15) is 0 Å². The van der Waals surface area contributed by atoms with E-state index in [-0.39, 0.29) is 0 Å². The molecule has 184 valence electrons. The van der Waals surface area contributed by atoms with Gasteiger partial charge in [0.15, 0.2) is 0 Å². The van der Waals surface area contributed by atoms with Gasteiger partial charge in [-0.15, -0.1) is 0 Å². The van der Waals surface area contributed by atoms with Crippen molar-refractivity contribution in [2.45, 2.75) is 51.2 Å². The van der Waals surface area contributed by atoms with E-state index in [0.29, 0.717) is 18.0 Å². The number of piperazine rings is 1. The summed E-state index contributed by atoms with van der Waals surface area (Å²) in [7, 11) is 0. The number of aromatic nitrogens is 1. The van der Waals surface area contributed by atoms with Gasteiger partial charge in [0.25, 0.3) is 0 Å². The molecule has 5 nitrogen and oxygen atoms in total. The molecule has 5 rings (SSSR count). The molecular weight excluding hydrogens is 432 g/mol. The fourth-order valence-corrected chi connectivity index (χ4v) is 5.41. The van der Waals surface area contributed by atoms with Crippen LogP contribution in [-0.2, 0) is 6.42 Å². The van der Waals surface area contributed by atoms with Gasteiger partial charge in [-0.2, -0.15) is 0 Å². The van der Waals surface area contributed by atoms with Gasteiger partial charge in [-0.1, -0.05) is 42.5 Å². The summed E-state index contributed by atoms with van der Waals surface area (Å²) in [4.78, 5) is 9.77. The molecule has 2 N–H and O–H groups in total. The van der Waals surface area contributed by atoms with Crippen molar-refractivity contribution in [3.63, 3.8) is 0 Å². The van der Waals surface area contributed by atoms with E-state index in [4.69, 9.17) is 10.5 Å². The molecule has 3 aromatic rings. The molecule has 2 fully saturated rings. The SMILES string of the molecule is CC(c1ccc(-c2cccc(N)n2)c(OC2CCCC2)c1)N1CCN(CCc2ccccc2)CC1. The van der Waals surface area contributed by atoms with Gasteiger partial charge in [0, 0.05) is 44.3 Å². The predicted molar refractivity (Wildman–Crippen MR) is 144 cm³/mol. The van der Waals surface area contributed by atoms with E-state index in [1.54, 1.807) is 0 Å². The van der Waals surface area contributed by atoms with Crippen molar-refractivity contribution in [2.24, 2.45) is 0 Å². The minimum absolute atomic E-state index is 0.300. The van der Waals surface area contributed by atoms with Crippen LogP contribution in [0.4, 0.5) is 5.82 Å². The van der Waals surface area contributed by atoms with Crippen molar-refractivity contribution in [1.29, 1.82) is 0 Å². The molecule has 2 aliphatic rings. The highest BCUT2D eigenvalue weighted by Gasteiger charge is 2.24. The molecule has 1 atom stereocenters. The molecule has 0 bridgehead atoms. The molecule has 1 saturated heterocycles. The second-order valence-electron chi connectivity index (χ2n) is 10.0. The Balaban J connectivity index is 1.26. The van der Waals surface area contributed by atoms with Crippen molar-refractivity contribution in [3.8, 4) is 17.0 Å². The molecule has 1 unspecified atom stereocenters. The van der Waals surface area contributed by atoms with Gasteiger partial charge in [-0.3, -0.25) is 4.90 Å². The Kier molecular flexibility index (Phi) is 7.65. The quantitative estimate of drug-likeness (QED) is 0.466. The number of nitrogen functional groups attached to an aromatic ring is 1. The molecule has 0 amide bonds. The lowest BCUT2D eigenvalue weighted by Crippen LogP contribution is -2.47. The first kappa shape index (κ1) is 23.8. The van der Waals surface area contributed by atoms with Crippen molar-refractivity contribution in [2.75, 3.05) is 38.5 Å². The van der Waals surface area contributed by atoms with Gasteiger partial charge in [-0.05, 0) is 74.4 Å². The first-order chi connectivity index (χ1) is 17.2. The largest absolute Gasteiger partial charge is 0.490 e. The van der Waals surface area contributed by atoms with Gasteiger partial charge >= 0.3 is 0 Å². The van der Waals surface area contributed by atoms with Gasteiger partial charge in [-0.25, -0.2) is 4.98 Å². The highest BCUT2D eigenvalue weighted by molar-refractivity contribution is 5.69. The summed E-state index contributed by atoms with van der Waals surface area (Å²) in [5, 5.41) is 0. The standard InChI is InChI=1S/C30H38N4O/c1-23(34-20-18-33(19-21-34)17-16-24-8-3-2-4-9-24)25-14-15-27(28-12-7-13-30(31)32-28)29(22-25)35-26-10-5-6-11-26/h2-4,7-9,12-15,22-23,26H,5-6,10-11,16-21H2,1H3,(H2,31,32). The maximum Gasteiger partial charge on any atom is 0.129 e. The molecule has 35 heavy (non-hydrogen) atoms. The van der Waals surface area contributed by atoms with E-state index in [2.05, 4.69) is 70.2 Å². The fraction of sp³-hybridized carbons (Fsp3) is 0.433. The summed E-state index contributed by atoms with van der Waals surface area (Å²) >= 11 is 0. The maximum atomic E-state index is 6.56. The molecule has 1 saturated carbocycles. The third-order valence-electron chi connectivity index (χ3n) is 7.64. The molecule has 2 aromatic carbocycles. The molecular formula is C30H38N4O. The molecule has 5 heteroatoms. The first-order valence-electron chi connectivity index (χ1n) is 13.2. The Morgan fingerprint density at radius 2 is 1.71 bits per heavy atom. The smallest absolute Gasteiger partial charge is 0.129 e. The highest BCUT2D eigenvalue weighted by atomic mass is 16.5. The summed E-state index contributed by atoms with van der Waals surface area (Å²) in [6.45, 7) is 7.88. The summed E-state index contributed by atoms with van der Waals surface area (Å²) in [5.74, 6) is 1.48. The second-order valence-corrected chi connectivity index (χ2v) is 10.0. The number of benzene rings is 2. The molecule has 1 aliphatic heterocycles. The fourth-order valence-electron chi connectivity index (χ4n) is 5.41. The monoisotopic (exact) mass is 470 g/mol. The number of nitrogens with zero attached hydrogens (tertiary/aromatic N) is 3. The Morgan fingerprint density at radius 3 is 2.46 bits per heavy atom. The number of pyridine rings is 1. The topological polar surface area (TPSA) is 54.6 Å². The van der Waals surface area contributed by atoms with Crippen molar-refractivity contribution >= 4 is 5.82 Å². The zero-order chi connectivity index (χ0) is 24.0.